The highest BCUT2D eigenvalue weighted by atomic mass is 16.7. The van der Waals surface area contributed by atoms with E-state index in [1.165, 1.54) is 0 Å². The maximum absolute atomic E-state index is 5.46. The van der Waals surface area contributed by atoms with Crippen LogP contribution in [0.5, 0.6) is 17.2 Å². The molecule has 2 aromatic carbocycles. The van der Waals surface area contributed by atoms with Gasteiger partial charge in [0.1, 0.15) is 23.7 Å². The first-order chi connectivity index (χ1) is 13.8. The number of hydrogen-bond acceptors (Lipinski definition) is 7. The summed E-state index contributed by atoms with van der Waals surface area (Å²) < 4.78 is 23.1. The Morgan fingerprint density at radius 2 is 1.79 bits per heavy atom. The Morgan fingerprint density at radius 1 is 0.964 bits per heavy atom. The molecule has 2 aromatic heterocycles. The summed E-state index contributed by atoms with van der Waals surface area (Å²) in [6.07, 6.45) is 1.87. The largest absolute Gasteiger partial charge is 0.497 e. The lowest BCUT2D eigenvalue weighted by molar-refractivity contribution is 0.174. The van der Waals surface area contributed by atoms with E-state index in [9.17, 15) is 0 Å². The minimum absolute atomic E-state index is 0.242. The van der Waals surface area contributed by atoms with Gasteiger partial charge >= 0.3 is 0 Å². The number of methoxy groups -OCH3 is 1. The number of hydrogen-bond donors (Lipinski definition) is 0. The minimum Gasteiger partial charge on any atom is -0.497 e. The van der Waals surface area contributed by atoms with E-state index < -0.39 is 0 Å². The lowest BCUT2D eigenvalue weighted by Gasteiger charge is -1.99. The van der Waals surface area contributed by atoms with Gasteiger partial charge in [0.05, 0.1) is 13.3 Å². The summed E-state index contributed by atoms with van der Waals surface area (Å²) in [5, 5.41) is 12.5. The van der Waals surface area contributed by atoms with E-state index in [1.54, 1.807) is 11.8 Å². The van der Waals surface area contributed by atoms with E-state index in [1.807, 2.05) is 54.7 Å². The molecule has 0 aliphatic carbocycles. The molecular weight excluding hydrogens is 360 g/mol. The molecular formula is C20H16N4O4. The van der Waals surface area contributed by atoms with Crippen molar-refractivity contribution < 1.29 is 18.7 Å². The van der Waals surface area contributed by atoms with Crippen LogP contribution >= 0.6 is 0 Å². The maximum atomic E-state index is 5.46. The average molecular weight is 376 g/mol. The number of aromatic nitrogens is 4. The first kappa shape index (κ1) is 16.4. The zero-order valence-electron chi connectivity index (χ0n) is 15.0. The molecule has 5 rings (SSSR count). The highest BCUT2D eigenvalue weighted by Crippen LogP contribution is 2.35. The number of fused-ring (bicyclic) bond motifs is 1. The fourth-order valence-corrected chi connectivity index (χ4v) is 3.01. The highest BCUT2D eigenvalue weighted by molar-refractivity contribution is 5.64. The summed E-state index contributed by atoms with van der Waals surface area (Å²) in [7, 11) is 1.64. The normalized spacial score (nSPS) is 12.3. The fraction of sp³-hybridized carbons (Fsp3) is 0.150. The van der Waals surface area contributed by atoms with Crippen molar-refractivity contribution in [2.45, 2.75) is 6.54 Å². The zero-order chi connectivity index (χ0) is 18.9. The van der Waals surface area contributed by atoms with Crippen LogP contribution in [0, 0.1) is 0 Å². The van der Waals surface area contributed by atoms with Crippen molar-refractivity contribution in [2.24, 2.45) is 0 Å². The second-order valence-corrected chi connectivity index (χ2v) is 6.28. The van der Waals surface area contributed by atoms with Crippen molar-refractivity contribution in [2.75, 3.05) is 13.9 Å². The first-order valence-electron chi connectivity index (χ1n) is 8.69. The highest BCUT2D eigenvalue weighted by Gasteiger charge is 2.16. The number of benzene rings is 2. The van der Waals surface area contributed by atoms with Gasteiger partial charge in [0.15, 0.2) is 17.3 Å². The monoisotopic (exact) mass is 376 g/mol. The van der Waals surface area contributed by atoms with E-state index in [-0.39, 0.29) is 6.79 Å². The third kappa shape index (κ3) is 3.05. The van der Waals surface area contributed by atoms with E-state index in [0.29, 0.717) is 18.1 Å². The van der Waals surface area contributed by atoms with Gasteiger partial charge in [0, 0.05) is 17.2 Å². The van der Waals surface area contributed by atoms with Crippen molar-refractivity contribution in [3.63, 3.8) is 0 Å². The van der Waals surface area contributed by atoms with Crippen molar-refractivity contribution >= 4 is 0 Å². The van der Waals surface area contributed by atoms with Crippen molar-refractivity contribution in [3.05, 3.63) is 60.5 Å². The summed E-state index contributed by atoms with van der Waals surface area (Å²) in [5.74, 6) is 2.93. The molecule has 28 heavy (non-hydrogen) atoms. The second-order valence-electron chi connectivity index (χ2n) is 6.28. The molecule has 0 saturated carbocycles. The molecule has 0 spiro atoms. The van der Waals surface area contributed by atoms with Gasteiger partial charge in [-0.25, -0.2) is 4.68 Å². The van der Waals surface area contributed by atoms with Crippen molar-refractivity contribution in [1.82, 2.24) is 20.2 Å². The number of rotatable bonds is 5. The quantitative estimate of drug-likeness (QED) is 0.528. The molecule has 8 heteroatoms. The predicted octanol–water partition coefficient (Wildman–Crippen LogP) is 3.39. The lowest BCUT2D eigenvalue weighted by Crippen LogP contribution is -1.98. The zero-order valence-corrected chi connectivity index (χ0v) is 15.0. The van der Waals surface area contributed by atoms with Crippen molar-refractivity contribution in [1.29, 1.82) is 0 Å². The molecule has 0 fully saturated rings. The molecule has 0 bridgehead atoms. The van der Waals surface area contributed by atoms with E-state index in [0.717, 1.165) is 34.0 Å². The van der Waals surface area contributed by atoms with Crippen LogP contribution in [0.2, 0.25) is 0 Å². The Morgan fingerprint density at radius 3 is 2.64 bits per heavy atom. The molecule has 3 heterocycles. The standard InChI is InChI=1S/C20H16N4O4/c1-25-15-5-2-13(3-6-15)18-11-24(23-21-18)10-16-9-17(22-28-16)14-4-7-19-20(8-14)27-12-26-19/h2-9,11H,10,12H2,1H3. The van der Waals surface area contributed by atoms with Gasteiger partial charge in [0.2, 0.25) is 6.79 Å². The lowest BCUT2D eigenvalue weighted by atomic mass is 10.1. The van der Waals surface area contributed by atoms with Crippen LogP contribution in [0.3, 0.4) is 0 Å². The molecule has 8 nitrogen and oxygen atoms in total. The second kappa shape index (κ2) is 6.73. The summed E-state index contributed by atoms with van der Waals surface area (Å²) in [6.45, 7) is 0.673. The Kier molecular flexibility index (Phi) is 3.93. The van der Waals surface area contributed by atoms with Crippen LogP contribution in [0.15, 0.2) is 59.3 Å². The van der Waals surface area contributed by atoms with Crippen LogP contribution in [0.25, 0.3) is 22.5 Å². The van der Waals surface area contributed by atoms with Crippen molar-refractivity contribution in [3.8, 4) is 39.8 Å². The van der Waals surface area contributed by atoms with Gasteiger partial charge in [0.25, 0.3) is 0 Å². The third-order valence-corrected chi connectivity index (χ3v) is 4.47. The van der Waals surface area contributed by atoms with E-state index >= 15 is 0 Å². The van der Waals surface area contributed by atoms with Crippen LogP contribution in [-0.2, 0) is 6.54 Å². The van der Waals surface area contributed by atoms with Gasteiger partial charge in [-0.15, -0.1) is 5.10 Å². The van der Waals surface area contributed by atoms with Gasteiger partial charge in [-0.1, -0.05) is 10.4 Å². The van der Waals surface area contributed by atoms with Crippen LogP contribution in [0.4, 0.5) is 0 Å². The Balaban J connectivity index is 1.33. The Labute approximate surface area is 160 Å². The van der Waals surface area contributed by atoms with Gasteiger partial charge in [-0.2, -0.15) is 0 Å². The number of nitrogens with zero attached hydrogens (tertiary/aromatic N) is 4. The van der Waals surface area contributed by atoms with E-state index in [2.05, 4.69) is 15.5 Å². The van der Waals surface area contributed by atoms with Crippen LogP contribution in [-0.4, -0.2) is 34.1 Å². The molecule has 140 valence electrons. The molecule has 0 amide bonds. The Bertz CT molecular complexity index is 1120. The van der Waals surface area contributed by atoms with Crippen LogP contribution in [0.1, 0.15) is 5.76 Å². The SMILES string of the molecule is COc1ccc(-c2cn(Cc3cc(-c4ccc5c(c4)OCO5)no3)nn2)cc1. The van der Waals surface area contributed by atoms with E-state index in [4.69, 9.17) is 18.7 Å². The van der Waals surface area contributed by atoms with Gasteiger partial charge < -0.3 is 18.7 Å². The molecule has 4 aromatic rings. The first-order valence-corrected chi connectivity index (χ1v) is 8.69. The maximum Gasteiger partial charge on any atom is 0.231 e. The predicted molar refractivity (Wildman–Crippen MR) is 99.2 cm³/mol. The summed E-state index contributed by atoms with van der Waals surface area (Å²) in [4.78, 5) is 0. The Hall–Kier alpha value is -3.81. The molecule has 0 saturated heterocycles. The molecule has 1 aliphatic heterocycles. The summed E-state index contributed by atoms with van der Waals surface area (Å²) in [6, 6.07) is 15.2. The molecule has 1 aliphatic rings. The molecule has 0 N–H and O–H groups in total. The summed E-state index contributed by atoms with van der Waals surface area (Å²) >= 11 is 0. The summed E-state index contributed by atoms with van der Waals surface area (Å²) in [5.41, 5.74) is 3.37. The van der Waals surface area contributed by atoms with Gasteiger partial charge in [-0.05, 0) is 42.5 Å². The third-order valence-electron chi connectivity index (χ3n) is 4.47. The number of ether oxygens (including phenoxy) is 3. The van der Waals surface area contributed by atoms with Gasteiger partial charge in [-0.3, -0.25) is 0 Å². The fourth-order valence-electron chi connectivity index (χ4n) is 3.01. The topological polar surface area (TPSA) is 84.4 Å². The smallest absolute Gasteiger partial charge is 0.231 e. The molecule has 0 unspecified atom stereocenters. The minimum atomic E-state index is 0.242. The van der Waals surface area contributed by atoms with Crippen LogP contribution < -0.4 is 14.2 Å². The average Bonchev–Trinajstić information content (AvgIpc) is 3.48. The molecule has 0 radical (unpaired) electrons. The molecule has 0 atom stereocenters.